The number of para-hydroxylation sites is 2. The zero-order chi connectivity index (χ0) is 26.1. The number of ether oxygens (including phenoxy) is 1. The number of benzene rings is 2. The van der Waals surface area contributed by atoms with Gasteiger partial charge in [0.2, 0.25) is 0 Å². The molecule has 0 aromatic heterocycles. The monoisotopic (exact) mass is 501 g/mol. The van der Waals surface area contributed by atoms with Crippen LogP contribution in [0.15, 0.2) is 60.7 Å². The third-order valence-corrected chi connectivity index (χ3v) is 11.5. The van der Waals surface area contributed by atoms with Crippen LogP contribution in [-0.2, 0) is 4.74 Å². The number of fused-ring (bicyclic) bond motifs is 2. The van der Waals surface area contributed by atoms with Gasteiger partial charge in [-0.25, -0.2) is 9.69 Å². The summed E-state index contributed by atoms with van der Waals surface area (Å²) in [6, 6.07) is 19.7. The van der Waals surface area contributed by atoms with E-state index in [1.165, 1.54) is 12.8 Å². The van der Waals surface area contributed by atoms with Crippen molar-refractivity contribution in [1.82, 2.24) is 0 Å². The second-order valence-corrected chi connectivity index (χ2v) is 13.8. The molecule has 4 heteroatoms. The van der Waals surface area contributed by atoms with Crippen molar-refractivity contribution in [3.05, 3.63) is 60.7 Å². The zero-order valence-corrected chi connectivity index (χ0v) is 23.0. The lowest BCUT2D eigenvalue weighted by Crippen LogP contribution is -2.61. The number of carbonyl (C=O) groups is 1. The minimum Gasteiger partial charge on any atom is -0.446 e. The predicted octanol–water partition coefficient (Wildman–Crippen LogP) is 8.12. The summed E-state index contributed by atoms with van der Waals surface area (Å²) in [7, 11) is 0. The first-order chi connectivity index (χ1) is 17.6. The quantitative estimate of drug-likeness (QED) is 0.462. The average Bonchev–Trinajstić information content (AvgIpc) is 3.21. The molecule has 4 aliphatic rings. The summed E-state index contributed by atoms with van der Waals surface area (Å²) in [5.74, 6) is 1.70. The summed E-state index contributed by atoms with van der Waals surface area (Å²) >= 11 is 0. The molecule has 7 atom stereocenters. The molecule has 2 bridgehead atoms. The fourth-order valence-corrected chi connectivity index (χ4v) is 9.80. The molecule has 0 heterocycles. The van der Waals surface area contributed by atoms with E-state index in [1.54, 1.807) is 4.90 Å². The Balaban J connectivity index is 1.31. The maximum atomic E-state index is 13.9. The Morgan fingerprint density at radius 1 is 0.838 bits per heavy atom. The average molecular weight is 502 g/mol. The Bertz CT molecular complexity index is 1110. The van der Waals surface area contributed by atoms with E-state index < -0.39 is 5.60 Å². The molecule has 6 rings (SSSR count). The Morgan fingerprint density at radius 2 is 1.46 bits per heavy atom. The molecule has 2 aromatic rings. The lowest BCUT2D eigenvalue weighted by molar-refractivity contribution is -0.193. The summed E-state index contributed by atoms with van der Waals surface area (Å²) < 4.78 is 6.47. The number of hydrogen-bond acceptors (Lipinski definition) is 3. The highest BCUT2D eigenvalue weighted by Crippen LogP contribution is 2.75. The predicted molar refractivity (Wildman–Crippen MR) is 148 cm³/mol. The van der Waals surface area contributed by atoms with E-state index in [0.29, 0.717) is 17.8 Å². The highest BCUT2D eigenvalue weighted by Gasteiger charge is 2.69. The van der Waals surface area contributed by atoms with Gasteiger partial charge in [0, 0.05) is 0 Å². The van der Waals surface area contributed by atoms with Gasteiger partial charge in [-0.1, -0.05) is 57.2 Å². The summed E-state index contributed by atoms with van der Waals surface area (Å²) in [6.45, 7) is 9.41. The Labute approximate surface area is 222 Å². The van der Waals surface area contributed by atoms with Crippen LogP contribution in [0.4, 0.5) is 16.2 Å². The van der Waals surface area contributed by atoms with Crippen LogP contribution >= 0.6 is 0 Å². The normalized spacial score (nSPS) is 39.8. The third-order valence-electron chi connectivity index (χ3n) is 11.5. The van der Waals surface area contributed by atoms with Crippen LogP contribution in [0.5, 0.6) is 0 Å². The molecular weight excluding hydrogens is 458 g/mol. The van der Waals surface area contributed by atoms with Gasteiger partial charge in [0.05, 0.1) is 17.0 Å². The number of aliphatic hydroxyl groups is 1. The summed E-state index contributed by atoms with van der Waals surface area (Å²) in [5.41, 5.74) is 1.57. The number of amides is 1. The van der Waals surface area contributed by atoms with Gasteiger partial charge < -0.3 is 9.84 Å². The molecule has 0 unspecified atom stereocenters. The van der Waals surface area contributed by atoms with Crippen molar-refractivity contribution >= 4 is 17.5 Å². The van der Waals surface area contributed by atoms with Gasteiger partial charge in [-0.15, -0.1) is 0 Å². The van der Waals surface area contributed by atoms with Crippen molar-refractivity contribution in [3.63, 3.8) is 0 Å². The Hall–Kier alpha value is -2.33. The lowest BCUT2D eigenvalue weighted by Gasteiger charge is -2.66. The molecule has 0 aliphatic heterocycles. The van der Waals surface area contributed by atoms with Crippen LogP contribution in [0.1, 0.15) is 79.1 Å². The largest absolute Gasteiger partial charge is 0.446 e. The number of nitrogens with zero attached hydrogens (tertiary/aromatic N) is 1. The molecule has 1 N–H and O–H groups in total. The van der Waals surface area contributed by atoms with Crippen LogP contribution in [0.2, 0.25) is 0 Å². The molecule has 4 saturated carbocycles. The molecule has 4 nitrogen and oxygen atoms in total. The van der Waals surface area contributed by atoms with Gasteiger partial charge in [0.15, 0.2) is 0 Å². The molecule has 0 radical (unpaired) electrons. The van der Waals surface area contributed by atoms with E-state index in [0.717, 1.165) is 49.9 Å². The molecule has 198 valence electrons. The fraction of sp³-hybridized carbons (Fsp3) is 0.606. The van der Waals surface area contributed by atoms with Gasteiger partial charge in [-0.2, -0.15) is 0 Å². The van der Waals surface area contributed by atoms with Crippen LogP contribution < -0.4 is 4.90 Å². The number of rotatable bonds is 3. The van der Waals surface area contributed by atoms with Gasteiger partial charge in [0.25, 0.3) is 0 Å². The Kier molecular flexibility index (Phi) is 5.80. The maximum Gasteiger partial charge on any atom is 0.419 e. The molecule has 1 amide bonds. The van der Waals surface area contributed by atoms with Crippen molar-refractivity contribution in [2.75, 3.05) is 4.90 Å². The first-order valence-electron chi connectivity index (χ1n) is 14.4. The lowest BCUT2D eigenvalue weighted by atomic mass is 9.39. The van der Waals surface area contributed by atoms with Gasteiger partial charge in [-0.05, 0) is 117 Å². The van der Waals surface area contributed by atoms with E-state index in [2.05, 4.69) is 27.7 Å². The van der Waals surface area contributed by atoms with Crippen LogP contribution in [0.25, 0.3) is 0 Å². The molecule has 2 aromatic carbocycles. The number of carbonyl (C=O) groups excluding carboxylic acids is 1. The van der Waals surface area contributed by atoms with E-state index in [9.17, 15) is 9.90 Å². The molecule has 1 spiro atoms. The van der Waals surface area contributed by atoms with E-state index in [-0.39, 0.29) is 28.4 Å². The van der Waals surface area contributed by atoms with E-state index in [4.69, 9.17) is 4.74 Å². The van der Waals surface area contributed by atoms with Crippen LogP contribution in [0, 0.1) is 34.0 Å². The number of anilines is 2. The van der Waals surface area contributed by atoms with E-state index >= 15 is 0 Å². The van der Waals surface area contributed by atoms with Crippen molar-refractivity contribution in [2.24, 2.45) is 34.0 Å². The van der Waals surface area contributed by atoms with Gasteiger partial charge in [-0.3, -0.25) is 0 Å². The zero-order valence-electron chi connectivity index (χ0n) is 23.0. The SMILES string of the molecule is CC1(C)C[C@H](OC(=O)N(c2ccccc2)c2ccccc2)C[C@@]2(C)[C@H]1CC[C@H]1C[C@H]3C[C@]12CC[C@]3(C)O. The molecule has 4 fully saturated rings. The minimum absolute atomic E-state index is 0.0973. The van der Waals surface area contributed by atoms with Crippen molar-refractivity contribution < 1.29 is 14.6 Å². The standard InChI is InChI=1S/C33H43NO3/c1-30(2)21-27(37-29(35)34(25-11-7-5-8-12-25)26-13-9-6-10-14-26)22-31(3)28(30)16-15-23-19-24-20-33(23,31)18-17-32(24,4)36/h5-14,23-24,27-28,36H,15-22H2,1-4H3/t23-,24-,27-,28-,31-,32-,33+/m0/s1. The van der Waals surface area contributed by atoms with E-state index in [1.807, 2.05) is 60.7 Å². The molecular formula is C33H43NO3. The first-order valence-corrected chi connectivity index (χ1v) is 14.4. The van der Waals surface area contributed by atoms with Crippen LogP contribution in [-0.4, -0.2) is 22.9 Å². The fourth-order valence-electron chi connectivity index (χ4n) is 9.80. The third kappa shape index (κ3) is 3.85. The smallest absolute Gasteiger partial charge is 0.419 e. The number of hydrogen-bond donors (Lipinski definition) is 1. The van der Waals surface area contributed by atoms with Crippen molar-refractivity contribution in [1.29, 1.82) is 0 Å². The Morgan fingerprint density at radius 3 is 2.08 bits per heavy atom. The highest BCUT2D eigenvalue weighted by atomic mass is 16.6. The van der Waals surface area contributed by atoms with Gasteiger partial charge in [0.1, 0.15) is 6.10 Å². The van der Waals surface area contributed by atoms with Gasteiger partial charge >= 0.3 is 6.09 Å². The second kappa shape index (κ2) is 8.59. The topological polar surface area (TPSA) is 49.8 Å². The second-order valence-electron chi connectivity index (χ2n) is 13.8. The summed E-state index contributed by atoms with van der Waals surface area (Å²) in [4.78, 5) is 15.6. The molecule has 4 aliphatic carbocycles. The summed E-state index contributed by atoms with van der Waals surface area (Å²) in [5, 5.41) is 11.2. The summed E-state index contributed by atoms with van der Waals surface area (Å²) in [6.07, 6.45) is 8.26. The van der Waals surface area contributed by atoms with Crippen molar-refractivity contribution in [3.8, 4) is 0 Å². The molecule has 0 saturated heterocycles. The first kappa shape index (κ1) is 25.0. The maximum absolute atomic E-state index is 13.9. The van der Waals surface area contributed by atoms with Crippen molar-refractivity contribution in [2.45, 2.75) is 90.8 Å². The highest BCUT2D eigenvalue weighted by molar-refractivity contribution is 5.96. The minimum atomic E-state index is -0.531. The van der Waals surface area contributed by atoms with Crippen LogP contribution in [0.3, 0.4) is 0 Å². The molecule has 37 heavy (non-hydrogen) atoms.